The van der Waals surface area contributed by atoms with Gasteiger partial charge in [-0.25, -0.2) is 0 Å². The summed E-state index contributed by atoms with van der Waals surface area (Å²) in [6.45, 7) is 3.63. The lowest BCUT2D eigenvalue weighted by Crippen LogP contribution is -2.36. The van der Waals surface area contributed by atoms with Crippen molar-refractivity contribution in [1.82, 2.24) is 5.32 Å². The number of hydrogen-bond acceptors (Lipinski definition) is 4. The van der Waals surface area contributed by atoms with Crippen molar-refractivity contribution in [1.29, 1.82) is 5.41 Å². The van der Waals surface area contributed by atoms with E-state index in [1.807, 2.05) is 25.1 Å². The standard InChI is InChI=1S/C19H21N3O3/c1-11-4-5-13(9-12(2)18(24)22-19(20)21)15(8-11)14-6-7-16(23)17(10-14)25-3/h4-10,23H,1-3H3,(H4,20,21,22,24)/b12-9+. The molecule has 2 rings (SSSR count). The molecule has 5 N–H and O–H groups in total. The number of guanidine groups is 1. The number of aryl methyl sites for hydroxylation is 1. The Bertz CT molecular complexity index is 857. The van der Waals surface area contributed by atoms with Crippen LogP contribution in [0.15, 0.2) is 42.0 Å². The van der Waals surface area contributed by atoms with Crippen molar-refractivity contribution >= 4 is 17.9 Å². The highest BCUT2D eigenvalue weighted by atomic mass is 16.5. The van der Waals surface area contributed by atoms with E-state index in [0.717, 1.165) is 22.3 Å². The summed E-state index contributed by atoms with van der Waals surface area (Å²) in [5.41, 5.74) is 9.26. The predicted octanol–water partition coefficient (Wildman–Crippen LogP) is 2.79. The normalized spacial score (nSPS) is 11.1. The Morgan fingerprint density at radius 3 is 2.64 bits per heavy atom. The van der Waals surface area contributed by atoms with Gasteiger partial charge in [-0.3, -0.25) is 15.5 Å². The van der Waals surface area contributed by atoms with Crippen molar-refractivity contribution < 1.29 is 14.6 Å². The molecule has 0 fully saturated rings. The molecule has 0 aromatic heterocycles. The number of phenolic OH excluding ortho intramolecular Hbond substituents is 1. The van der Waals surface area contributed by atoms with Crippen molar-refractivity contribution in [3.05, 3.63) is 53.1 Å². The number of nitrogens with two attached hydrogens (primary N) is 1. The number of rotatable bonds is 4. The summed E-state index contributed by atoms with van der Waals surface area (Å²) in [6, 6.07) is 11.0. The number of methoxy groups -OCH3 is 1. The molecule has 0 bridgehead atoms. The molecule has 0 atom stereocenters. The first-order chi connectivity index (χ1) is 11.8. The Labute approximate surface area is 146 Å². The minimum Gasteiger partial charge on any atom is -0.504 e. The van der Waals surface area contributed by atoms with Crippen LogP contribution in [-0.4, -0.2) is 24.1 Å². The molecule has 0 spiro atoms. The third kappa shape index (κ3) is 4.38. The molecule has 0 aliphatic heterocycles. The highest BCUT2D eigenvalue weighted by Gasteiger charge is 2.11. The van der Waals surface area contributed by atoms with Crippen LogP contribution in [0.4, 0.5) is 0 Å². The number of aromatic hydroxyl groups is 1. The van der Waals surface area contributed by atoms with Crippen LogP contribution in [0.1, 0.15) is 18.1 Å². The Kier molecular flexibility index (Phi) is 5.44. The molecule has 1 amide bonds. The summed E-state index contributed by atoms with van der Waals surface area (Å²) in [5, 5.41) is 19.2. The van der Waals surface area contributed by atoms with E-state index < -0.39 is 11.9 Å². The molecule has 6 heteroatoms. The second-order valence-corrected chi connectivity index (χ2v) is 5.67. The Hall–Kier alpha value is -3.28. The molecule has 2 aromatic rings. The average Bonchev–Trinajstić information content (AvgIpc) is 2.56. The van der Waals surface area contributed by atoms with E-state index in [0.29, 0.717) is 11.3 Å². The number of phenols is 1. The first-order valence-corrected chi connectivity index (χ1v) is 7.63. The molecule has 25 heavy (non-hydrogen) atoms. The maximum atomic E-state index is 12.0. The highest BCUT2D eigenvalue weighted by Crippen LogP contribution is 2.34. The Morgan fingerprint density at radius 1 is 1.28 bits per heavy atom. The van der Waals surface area contributed by atoms with E-state index >= 15 is 0 Å². The molecular weight excluding hydrogens is 318 g/mol. The summed E-state index contributed by atoms with van der Waals surface area (Å²) in [7, 11) is 1.49. The molecule has 0 heterocycles. The van der Waals surface area contributed by atoms with Gasteiger partial charge >= 0.3 is 0 Å². The fraction of sp³-hybridized carbons (Fsp3) is 0.158. The van der Waals surface area contributed by atoms with Gasteiger partial charge in [0.2, 0.25) is 0 Å². The molecule has 130 valence electrons. The van der Waals surface area contributed by atoms with E-state index in [1.165, 1.54) is 7.11 Å². The molecule has 2 aromatic carbocycles. The van der Waals surface area contributed by atoms with E-state index in [-0.39, 0.29) is 5.75 Å². The monoisotopic (exact) mass is 339 g/mol. The number of benzene rings is 2. The maximum absolute atomic E-state index is 12.0. The Morgan fingerprint density at radius 2 is 2.00 bits per heavy atom. The smallest absolute Gasteiger partial charge is 0.253 e. The molecule has 0 aliphatic rings. The summed E-state index contributed by atoms with van der Waals surface area (Å²) >= 11 is 0. The number of hydrogen-bond donors (Lipinski definition) is 4. The Balaban J connectivity index is 2.51. The van der Waals surface area contributed by atoms with Gasteiger partial charge < -0.3 is 15.6 Å². The van der Waals surface area contributed by atoms with E-state index in [2.05, 4.69) is 5.32 Å². The second kappa shape index (κ2) is 7.53. The molecule has 0 aliphatic carbocycles. The highest BCUT2D eigenvalue weighted by molar-refractivity contribution is 6.06. The van der Waals surface area contributed by atoms with Gasteiger partial charge in [0.05, 0.1) is 7.11 Å². The van der Waals surface area contributed by atoms with Crippen LogP contribution in [0, 0.1) is 12.3 Å². The molecule has 6 nitrogen and oxygen atoms in total. The van der Waals surface area contributed by atoms with Crippen LogP contribution < -0.4 is 15.8 Å². The van der Waals surface area contributed by atoms with E-state index in [4.69, 9.17) is 15.9 Å². The molecule has 0 unspecified atom stereocenters. The van der Waals surface area contributed by atoms with Crippen LogP contribution in [-0.2, 0) is 4.79 Å². The number of nitrogens with one attached hydrogen (secondary N) is 2. The summed E-state index contributed by atoms with van der Waals surface area (Å²) in [5.74, 6) is -0.388. The van der Waals surface area contributed by atoms with Gasteiger partial charge in [-0.1, -0.05) is 29.8 Å². The van der Waals surface area contributed by atoms with E-state index in [1.54, 1.807) is 31.2 Å². The van der Waals surface area contributed by atoms with Crippen LogP contribution in [0.2, 0.25) is 0 Å². The topological polar surface area (TPSA) is 108 Å². The first kappa shape index (κ1) is 18.1. The predicted molar refractivity (Wildman–Crippen MR) is 98.5 cm³/mol. The third-order valence-corrected chi connectivity index (χ3v) is 3.68. The fourth-order valence-corrected chi connectivity index (χ4v) is 2.41. The number of carbonyl (C=O) groups excluding carboxylic acids is 1. The van der Waals surface area contributed by atoms with Gasteiger partial charge in [0.25, 0.3) is 5.91 Å². The van der Waals surface area contributed by atoms with Crippen LogP contribution in [0.3, 0.4) is 0 Å². The SMILES string of the molecule is COc1cc(-c2cc(C)ccc2/C=C(\C)C(=O)NC(=N)N)ccc1O. The lowest BCUT2D eigenvalue weighted by atomic mass is 9.96. The quantitative estimate of drug-likeness (QED) is 0.390. The van der Waals surface area contributed by atoms with Crippen molar-refractivity contribution in [2.45, 2.75) is 13.8 Å². The number of carbonyl (C=O) groups is 1. The van der Waals surface area contributed by atoms with Crippen molar-refractivity contribution in [3.8, 4) is 22.6 Å². The number of amides is 1. The molecule has 0 saturated carbocycles. The van der Waals surface area contributed by atoms with Crippen LogP contribution >= 0.6 is 0 Å². The van der Waals surface area contributed by atoms with Gasteiger partial charge in [0, 0.05) is 5.57 Å². The number of ether oxygens (including phenoxy) is 1. The lowest BCUT2D eigenvalue weighted by molar-refractivity contribution is -0.116. The van der Waals surface area contributed by atoms with Crippen molar-refractivity contribution in [3.63, 3.8) is 0 Å². The third-order valence-electron chi connectivity index (χ3n) is 3.68. The zero-order valence-corrected chi connectivity index (χ0v) is 14.4. The van der Waals surface area contributed by atoms with Gasteiger partial charge in [0.1, 0.15) is 0 Å². The summed E-state index contributed by atoms with van der Waals surface area (Å²) < 4.78 is 5.17. The fourth-order valence-electron chi connectivity index (χ4n) is 2.41. The largest absolute Gasteiger partial charge is 0.504 e. The lowest BCUT2D eigenvalue weighted by Gasteiger charge is -2.12. The molecular formula is C19H21N3O3. The summed E-state index contributed by atoms with van der Waals surface area (Å²) in [4.78, 5) is 12.0. The van der Waals surface area contributed by atoms with E-state index in [9.17, 15) is 9.90 Å². The molecule has 0 radical (unpaired) electrons. The van der Waals surface area contributed by atoms with Gasteiger partial charge in [0.15, 0.2) is 17.5 Å². The van der Waals surface area contributed by atoms with Gasteiger partial charge in [-0.2, -0.15) is 0 Å². The minimum absolute atomic E-state index is 0.0630. The average molecular weight is 339 g/mol. The summed E-state index contributed by atoms with van der Waals surface area (Å²) in [6.07, 6.45) is 1.73. The zero-order valence-electron chi connectivity index (χ0n) is 14.4. The minimum atomic E-state index is -0.428. The van der Waals surface area contributed by atoms with Crippen LogP contribution in [0.5, 0.6) is 11.5 Å². The molecule has 0 saturated heterocycles. The first-order valence-electron chi connectivity index (χ1n) is 7.63. The maximum Gasteiger partial charge on any atom is 0.253 e. The second-order valence-electron chi connectivity index (χ2n) is 5.67. The zero-order chi connectivity index (χ0) is 18.6. The van der Waals surface area contributed by atoms with Crippen LogP contribution in [0.25, 0.3) is 17.2 Å². The van der Waals surface area contributed by atoms with Crippen molar-refractivity contribution in [2.75, 3.05) is 7.11 Å². The van der Waals surface area contributed by atoms with Gasteiger partial charge in [-0.15, -0.1) is 0 Å². The van der Waals surface area contributed by atoms with Crippen molar-refractivity contribution in [2.24, 2.45) is 5.73 Å². The van der Waals surface area contributed by atoms with Gasteiger partial charge in [-0.05, 0) is 48.7 Å².